The van der Waals surface area contributed by atoms with Crippen LogP contribution in [0.4, 0.5) is 23.7 Å². The van der Waals surface area contributed by atoms with Gasteiger partial charge in [0.2, 0.25) is 11.9 Å². The molecule has 16 nitrogen and oxygen atoms in total. The first kappa shape index (κ1) is 25.3. The van der Waals surface area contributed by atoms with Crippen molar-refractivity contribution in [1.29, 1.82) is 0 Å². The predicted octanol–water partition coefficient (Wildman–Crippen LogP) is 3.49. The van der Waals surface area contributed by atoms with Gasteiger partial charge in [-0.2, -0.15) is 20.2 Å². The fourth-order valence-electron chi connectivity index (χ4n) is 1.79. The van der Waals surface area contributed by atoms with E-state index in [4.69, 9.17) is 8.83 Å². The van der Waals surface area contributed by atoms with Crippen LogP contribution in [0.1, 0.15) is 11.5 Å². The maximum atomic E-state index is 10.3. The summed E-state index contributed by atoms with van der Waals surface area (Å²) in [5.41, 5.74) is 0. The Hall–Kier alpha value is -3.92. The van der Waals surface area contributed by atoms with Gasteiger partial charge in [-0.15, -0.1) is 0 Å². The SMILES string of the molecule is O=[N+]([O-])c1ccc(/C=N/c2ncn[nH]2)o1.O=[N+]([O-])c1ccc(/C=N/c2ncn[nH]2)o1.[Cl][Cu][Cl]. The first-order valence-corrected chi connectivity index (χ1v) is 10.6. The van der Waals surface area contributed by atoms with Crippen molar-refractivity contribution in [3.05, 3.63) is 68.7 Å². The van der Waals surface area contributed by atoms with Gasteiger partial charge in [-0.25, -0.2) is 20.2 Å². The molecule has 2 N–H and O–H groups in total. The van der Waals surface area contributed by atoms with Crippen molar-refractivity contribution in [3.63, 3.8) is 0 Å². The number of furan rings is 2. The molecule has 0 aromatic carbocycles. The summed E-state index contributed by atoms with van der Waals surface area (Å²) in [4.78, 5) is 34.5. The summed E-state index contributed by atoms with van der Waals surface area (Å²) < 4.78 is 9.67. The van der Waals surface area contributed by atoms with Crippen LogP contribution in [0.2, 0.25) is 0 Å². The van der Waals surface area contributed by atoms with Crippen molar-refractivity contribution in [1.82, 2.24) is 30.4 Å². The van der Waals surface area contributed by atoms with Crippen molar-refractivity contribution in [2.24, 2.45) is 9.98 Å². The summed E-state index contributed by atoms with van der Waals surface area (Å²) in [5.74, 6) is 0.502. The van der Waals surface area contributed by atoms with Crippen LogP contribution < -0.4 is 0 Å². The standard InChI is InChI=1S/2C7H5N5O3.2ClH.Cu/c2*13-12(14)6-2-1-5(15-6)3-8-7-9-4-10-11-7;;;/h2*1-4H,(H,9,10,11);2*1H;/q;;;;+2/p-2/b2*8-3+;;;. The van der Waals surface area contributed by atoms with Crippen molar-refractivity contribution in [2.45, 2.75) is 0 Å². The molecule has 4 rings (SSSR count). The van der Waals surface area contributed by atoms with Gasteiger partial charge in [0.05, 0.1) is 24.6 Å². The number of aromatic amines is 2. The minimum atomic E-state index is -0.619. The van der Waals surface area contributed by atoms with Crippen LogP contribution in [0.25, 0.3) is 0 Å². The van der Waals surface area contributed by atoms with Crippen LogP contribution in [-0.4, -0.2) is 52.6 Å². The molecule has 4 heterocycles. The molecule has 4 aromatic heterocycles. The molecule has 33 heavy (non-hydrogen) atoms. The van der Waals surface area contributed by atoms with Crippen molar-refractivity contribution < 1.29 is 31.8 Å². The molecule has 0 radical (unpaired) electrons. The topological polar surface area (TPSA) is 220 Å². The summed E-state index contributed by atoms with van der Waals surface area (Å²) in [6.07, 6.45) is 5.23. The molecule has 0 aliphatic carbocycles. The summed E-state index contributed by atoms with van der Waals surface area (Å²) in [7, 11) is 9.34. The molecule has 0 amide bonds. The van der Waals surface area contributed by atoms with Gasteiger partial charge in [-0.05, 0) is 12.1 Å². The van der Waals surface area contributed by atoms with E-state index in [0.717, 1.165) is 13.1 Å². The van der Waals surface area contributed by atoms with Gasteiger partial charge >= 0.3 is 45.1 Å². The van der Waals surface area contributed by atoms with Gasteiger partial charge in [0, 0.05) is 0 Å². The molecule has 19 heteroatoms. The average molecular weight is 549 g/mol. The molecule has 0 bridgehead atoms. The number of hydrogen-bond acceptors (Lipinski definition) is 12. The summed E-state index contributed by atoms with van der Waals surface area (Å²) in [6, 6.07) is 5.39. The molecule has 0 unspecified atom stereocenters. The normalized spacial score (nSPS) is 10.6. The molecule has 0 atom stereocenters. The quantitative estimate of drug-likeness (QED) is 0.154. The minimum absolute atomic E-state index is 0.276. The van der Waals surface area contributed by atoms with Gasteiger partial charge in [-0.1, -0.05) is 0 Å². The predicted molar refractivity (Wildman–Crippen MR) is 110 cm³/mol. The third-order valence-electron chi connectivity index (χ3n) is 3.02. The molecule has 177 valence electrons. The number of nitro groups is 2. The number of H-pyrrole nitrogens is 2. The monoisotopic (exact) mass is 547 g/mol. The Labute approximate surface area is 197 Å². The molecular weight excluding hydrogens is 539 g/mol. The Bertz CT molecular complexity index is 1100. The van der Waals surface area contributed by atoms with Crippen LogP contribution in [0.3, 0.4) is 0 Å². The van der Waals surface area contributed by atoms with Crippen LogP contribution in [0.15, 0.2) is 55.7 Å². The third-order valence-corrected chi connectivity index (χ3v) is 3.02. The van der Waals surface area contributed by atoms with E-state index < -0.39 is 9.85 Å². The van der Waals surface area contributed by atoms with Crippen molar-refractivity contribution in [3.8, 4) is 0 Å². The van der Waals surface area contributed by atoms with Crippen LogP contribution in [-0.2, 0) is 13.1 Å². The Kier molecular flexibility index (Phi) is 10.4. The van der Waals surface area contributed by atoms with Gasteiger partial charge < -0.3 is 8.83 Å². The Balaban J connectivity index is 0.000000209. The van der Waals surface area contributed by atoms with Gasteiger partial charge in [0.25, 0.3) is 0 Å². The van der Waals surface area contributed by atoms with Gasteiger partial charge in [0.1, 0.15) is 22.5 Å². The molecule has 0 aliphatic heterocycles. The Morgan fingerprint density at radius 1 is 0.848 bits per heavy atom. The maximum absolute atomic E-state index is 10.3. The first-order chi connectivity index (χ1) is 15.9. The first-order valence-electron chi connectivity index (χ1n) is 8.01. The molecule has 0 spiro atoms. The second-order valence-electron chi connectivity index (χ2n) is 5.04. The zero-order valence-corrected chi connectivity index (χ0v) is 18.2. The van der Waals surface area contributed by atoms with E-state index in [1.165, 1.54) is 49.3 Å². The number of rotatable bonds is 6. The molecule has 0 aliphatic rings. The fraction of sp³-hybridized carbons (Fsp3) is 0. The molecule has 4 aromatic rings. The molecular formula is C14H10Cl2CuN10O6. The van der Waals surface area contributed by atoms with E-state index in [2.05, 4.69) is 60.5 Å². The van der Waals surface area contributed by atoms with Crippen LogP contribution in [0, 0.1) is 20.2 Å². The zero-order valence-electron chi connectivity index (χ0n) is 15.7. The Morgan fingerprint density at radius 2 is 1.24 bits per heavy atom. The van der Waals surface area contributed by atoms with E-state index in [1.807, 2.05) is 0 Å². The summed E-state index contributed by atoms with van der Waals surface area (Å²) in [5, 5.41) is 32.7. The number of nitrogens with zero attached hydrogens (tertiary/aromatic N) is 8. The third kappa shape index (κ3) is 8.99. The zero-order chi connectivity index (χ0) is 24.1. The Morgan fingerprint density at radius 3 is 1.52 bits per heavy atom. The van der Waals surface area contributed by atoms with E-state index in [-0.39, 0.29) is 23.3 Å². The summed E-state index contributed by atoms with van der Waals surface area (Å²) >= 11 is 0.757. The second-order valence-corrected chi connectivity index (χ2v) is 6.60. The molecule has 0 fully saturated rings. The van der Waals surface area contributed by atoms with E-state index in [9.17, 15) is 20.2 Å². The van der Waals surface area contributed by atoms with Crippen LogP contribution >= 0.6 is 20.2 Å². The fourth-order valence-corrected chi connectivity index (χ4v) is 1.79. The number of halogens is 2. The second kappa shape index (κ2) is 13.5. The van der Waals surface area contributed by atoms with Crippen molar-refractivity contribution in [2.75, 3.05) is 0 Å². The number of hydrogen-bond donors (Lipinski definition) is 2. The average Bonchev–Trinajstić information content (AvgIpc) is 3.59. The number of aromatic nitrogens is 6. The van der Waals surface area contributed by atoms with Crippen molar-refractivity contribution >= 4 is 56.3 Å². The van der Waals surface area contributed by atoms with E-state index in [1.54, 1.807) is 0 Å². The van der Waals surface area contributed by atoms with E-state index in [0.29, 0.717) is 11.9 Å². The van der Waals surface area contributed by atoms with Gasteiger partial charge in [-0.3, -0.25) is 20.2 Å². The molecule has 0 saturated heterocycles. The summed E-state index contributed by atoms with van der Waals surface area (Å²) in [6.45, 7) is 0. The number of aliphatic imine (C=N–C) groups is 2. The van der Waals surface area contributed by atoms with Crippen LogP contribution in [0.5, 0.6) is 0 Å². The number of nitrogens with one attached hydrogen (secondary N) is 2. The molecule has 0 saturated carbocycles. The van der Waals surface area contributed by atoms with E-state index >= 15 is 0 Å². The van der Waals surface area contributed by atoms with Gasteiger partial charge in [0.15, 0.2) is 11.5 Å².